The Morgan fingerprint density at radius 3 is 2.44 bits per heavy atom. The first-order chi connectivity index (χ1) is 4.12. The second kappa shape index (κ2) is 4.62. The molecule has 0 bridgehead atoms. The van der Waals surface area contributed by atoms with Crippen molar-refractivity contribution in [3.63, 3.8) is 0 Å². The van der Waals surface area contributed by atoms with Crippen LogP contribution >= 0.6 is 17.4 Å². The second-order valence-corrected chi connectivity index (χ2v) is 6.63. The van der Waals surface area contributed by atoms with Gasteiger partial charge in [0.15, 0.2) is 0 Å². The molecule has 0 saturated carbocycles. The SMILES string of the molecule is COOP(O)(=S)SOC. The zero-order chi connectivity index (χ0) is 7.33. The van der Waals surface area contributed by atoms with E-state index in [1.54, 1.807) is 0 Å². The van der Waals surface area contributed by atoms with Gasteiger partial charge in [-0.05, 0) is 11.8 Å². The molecule has 0 aliphatic carbocycles. The van der Waals surface area contributed by atoms with Crippen molar-refractivity contribution in [1.82, 2.24) is 0 Å². The third-order valence-corrected chi connectivity index (χ3v) is 2.94. The predicted octanol–water partition coefficient (Wildman–Crippen LogP) is 1.08. The molecule has 0 saturated heterocycles. The molecule has 1 N–H and O–H groups in total. The van der Waals surface area contributed by atoms with E-state index in [1.807, 2.05) is 0 Å². The van der Waals surface area contributed by atoms with Gasteiger partial charge < -0.3 is 9.08 Å². The summed E-state index contributed by atoms with van der Waals surface area (Å²) in [7, 11) is 2.66. The zero-order valence-electron chi connectivity index (χ0n) is 4.94. The summed E-state index contributed by atoms with van der Waals surface area (Å²) in [6.07, 6.45) is 0. The molecule has 0 fully saturated rings. The summed E-state index contributed by atoms with van der Waals surface area (Å²) in [6, 6.07) is 0. The molecule has 0 aliphatic heterocycles. The molecule has 0 heterocycles. The van der Waals surface area contributed by atoms with E-state index in [9.17, 15) is 0 Å². The molecule has 0 aliphatic rings. The topological polar surface area (TPSA) is 47.9 Å². The minimum Gasteiger partial charge on any atom is -0.334 e. The Kier molecular flexibility index (Phi) is 5.06. The maximum atomic E-state index is 8.93. The lowest BCUT2D eigenvalue weighted by Crippen LogP contribution is -1.82. The van der Waals surface area contributed by atoms with Crippen molar-refractivity contribution < 1.29 is 18.6 Å². The highest BCUT2D eigenvalue weighted by Gasteiger charge is 2.15. The average Bonchev–Trinajstić information content (AvgIpc) is 1.64. The van der Waals surface area contributed by atoms with Gasteiger partial charge in [0.25, 0.3) is 0 Å². The Bertz CT molecular complexity index is 107. The zero-order valence-corrected chi connectivity index (χ0v) is 7.46. The molecule has 0 amide bonds. The summed E-state index contributed by atoms with van der Waals surface area (Å²) in [5, 5.41) is 0. The Labute approximate surface area is 62.5 Å². The summed E-state index contributed by atoms with van der Waals surface area (Å²) in [6.45, 7) is 0. The van der Waals surface area contributed by atoms with Crippen molar-refractivity contribution in [2.24, 2.45) is 0 Å². The van der Waals surface area contributed by atoms with Gasteiger partial charge in [-0.2, -0.15) is 4.67 Å². The van der Waals surface area contributed by atoms with Crippen LogP contribution in [-0.4, -0.2) is 19.1 Å². The van der Waals surface area contributed by atoms with Crippen LogP contribution in [0.5, 0.6) is 0 Å². The average molecular weight is 190 g/mol. The van der Waals surface area contributed by atoms with Crippen molar-refractivity contribution in [1.29, 1.82) is 0 Å². The van der Waals surface area contributed by atoms with E-state index in [1.165, 1.54) is 14.2 Å². The summed E-state index contributed by atoms with van der Waals surface area (Å²) in [5.74, 6) is 0. The summed E-state index contributed by atoms with van der Waals surface area (Å²) in [5.41, 5.74) is -2.89. The molecular formula is C2H7O4PS2. The van der Waals surface area contributed by atoms with Crippen molar-refractivity contribution in [2.75, 3.05) is 14.2 Å². The molecule has 56 valence electrons. The van der Waals surface area contributed by atoms with Crippen LogP contribution in [0, 0.1) is 0 Å². The molecule has 0 aromatic heterocycles. The first-order valence-electron chi connectivity index (χ1n) is 1.90. The Balaban J connectivity index is 3.58. The molecule has 0 aromatic carbocycles. The molecule has 1 atom stereocenters. The highest BCUT2D eigenvalue weighted by atomic mass is 32.9. The van der Waals surface area contributed by atoms with E-state index in [0.717, 1.165) is 0 Å². The maximum Gasteiger partial charge on any atom is 0.302 e. The largest absolute Gasteiger partial charge is 0.334 e. The monoisotopic (exact) mass is 190 g/mol. The molecular weight excluding hydrogens is 183 g/mol. The summed E-state index contributed by atoms with van der Waals surface area (Å²) < 4.78 is 8.76. The number of rotatable bonds is 4. The second-order valence-electron chi connectivity index (χ2n) is 0.951. The van der Waals surface area contributed by atoms with Crippen LogP contribution in [0.25, 0.3) is 0 Å². The Morgan fingerprint density at radius 2 is 2.11 bits per heavy atom. The van der Waals surface area contributed by atoms with Crippen LogP contribution in [0.2, 0.25) is 0 Å². The number of hydrogen-bond donors (Lipinski definition) is 1. The van der Waals surface area contributed by atoms with Gasteiger partial charge in [-0.3, -0.25) is 0 Å². The van der Waals surface area contributed by atoms with Gasteiger partial charge in [0, 0.05) is 0 Å². The minimum absolute atomic E-state index is 0.692. The van der Waals surface area contributed by atoms with Gasteiger partial charge in [-0.1, -0.05) is 0 Å². The molecule has 4 nitrogen and oxygen atoms in total. The molecule has 0 spiro atoms. The van der Waals surface area contributed by atoms with Gasteiger partial charge in [0.1, 0.15) is 0 Å². The molecule has 1 unspecified atom stereocenters. The smallest absolute Gasteiger partial charge is 0.302 e. The predicted molar refractivity (Wildman–Crippen MR) is 39.2 cm³/mol. The van der Waals surface area contributed by atoms with Gasteiger partial charge in [0.05, 0.1) is 25.9 Å². The normalized spacial score (nSPS) is 17.2. The standard InChI is InChI=1S/C2H7O4PS2/c1-4-6-7(3,8)9-5-2/h1-2H3,(H,3,8). The van der Waals surface area contributed by atoms with E-state index in [4.69, 9.17) is 4.89 Å². The number of hydrogen-bond acceptors (Lipinski definition) is 5. The first-order valence-corrected chi connectivity index (χ1v) is 5.92. The summed E-state index contributed by atoms with van der Waals surface area (Å²) >= 11 is 5.19. The van der Waals surface area contributed by atoms with Crippen molar-refractivity contribution >= 4 is 29.2 Å². The van der Waals surface area contributed by atoms with E-state index in [-0.39, 0.29) is 0 Å². The van der Waals surface area contributed by atoms with Gasteiger partial charge in [0.2, 0.25) is 0 Å². The Morgan fingerprint density at radius 1 is 1.56 bits per heavy atom. The van der Waals surface area contributed by atoms with Crippen LogP contribution in [0.15, 0.2) is 0 Å². The quantitative estimate of drug-likeness (QED) is 0.310. The van der Waals surface area contributed by atoms with E-state index < -0.39 is 5.69 Å². The van der Waals surface area contributed by atoms with Crippen LogP contribution in [0.4, 0.5) is 0 Å². The first kappa shape index (κ1) is 9.84. The van der Waals surface area contributed by atoms with E-state index in [0.29, 0.717) is 11.7 Å². The maximum absolute atomic E-state index is 8.93. The molecule has 9 heavy (non-hydrogen) atoms. The van der Waals surface area contributed by atoms with E-state index in [2.05, 4.69) is 25.6 Å². The lowest BCUT2D eigenvalue weighted by molar-refractivity contribution is -0.174. The Hall–Kier alpha value is 0.840. The molecule has 0 rings (SSSR count). The van der Waals surface area contributed by atoms with Gasteiger partial charge in [-0.25, -0.2) is 4.89 Å². The van der Waals surface area contributed by atoms with Crippen LogP contribution in [0.3, 0.4) is 0 Å². The lowest BCUT2D eigenvalue weighted by atomic mass is 11.8. The van der Waals surface area contributed by atoms with Crippen molar-refractivity contribution in [3.05, 3.63) is 0 Å². The highest BCUT2D eigenvalue weighted by Crippen LogP contribution is 2.56. The molecule has 7 heteroatoms. The van der Waals surface area contributed by atoms with Crippen LogP contribution in [-0.2, 0) is 25.6 Å². The highest BCUT2D eigenvalue weighted by molar-refractivity contribution is 8.65. The molecule has 0 radical (unpaired) electrons. The lowest BCUT2D eigenvalue weighted by Gasteiger charge is -2.08. The summed E-state index contributed by atoms with van der Waals surface area (Å²) in [4.78, 5) is 13.1. The van der Waals surface area contributed by atoms with E-state index >= 15 is 0 Å². The fourth-order valence-corrected chi connectivity index (χ4v) is 2.15. The van der Waals surface area contributed by atoms with Crippen molar-refractivity contribution in [2.45, 2.75) is 0 Å². The van der Waals surface area contributed by atoms with Gasteiger partial charge in [-0.15, -0.1) is 0 Å². The third kappa shape index (κ3) is 5.29. The van der Waals surface area contributed by atoms with Gasteiger partial charge >= 0.3 is 5.69 Å². The van der Waals surface area contributed by atoms with Crippen molar-refractivity contribution in [3.8, 4) is 0 Å². The fraction of sp³-hybridized carbons (Fsp3) is 1.00. The third-order valence-electron chi connectivity index (χ3n) is 0.337. The minimum atomic E-state index is -2.89. The van der Waals surface area contributed by atoms with Crippen LogP contribution in [0.1, 0.15) is 0 Å². The van der Waals surface area contributed by atoms with Crippen LogP contribution < -0.4 is 0 Å². The molecule has 0 aromatic rings. The fourth-order valence-electron chi connectivity index (χ4n) is 0.201.